The van der Waals surface area contributed by atoms with Crippen LogP contribution in [0.1, 0.15) is 10.4 Å². The van der Waals surface area contributed by atoms with Crippen LogP contribution >= 0.6 is 27.3 Å². The summed E-state index contributed by atoms with van der Waals surface area (Å²) in [5, 5.41) is 5.41. The highest BCUT2D eigenvalue weighted by atomic mass is 79.9. The second-order valence-electron chi connectivity index (χ2n) is 4.14. The Morgan fingerprint density at radius 1 is 1.44 bits per heavy atom. The van der Waals surface area contributed by atoms with Crippen LogP contribution in [0.5, 0.6) is 0 Å². The molecule has 2 aromatic rings. The van der Waals surface area contributed by atoms with Gasteiger partial charge in [0.25, 0.3) is 5.56 Å². The third kappa shape index (κ3) is 3.80. The molecule has 5 heteroatoms. The van der Waals surface area contributed by atoms with E-state index >= 15 is 0 Å². The van der Waals surface area contributed by atoms with Crippen LogP contribution in [0.15, 0.2) is 39.0 Å². The van der Waals surface area contributed by atoms with Crippen LogP contribution in [-0.2, 0) is 13.1 Å². The lowest BCUT2D eigenvalue weighted by molar-refractivity contribution is 0.587. The van der Waals surface area contributed by atoms with Crippen molar-refractivity contribution in [3.05, 3.63) is 55.0 Å². The van der Waals surface area contributed by atoms with E-state index in [9.17, 15) is 4.79 Å². The summed E-state index contributed by atoms with van der Waals surface area (Å²) in [5.74, 6) is 0. The van der Waals surface area contributed by atoms with Crippen molar-refractivity contribution in [1.82, 2.24) is 9.88 Å². The molecule has 2 heterocycles. The fourth-order valence-electron chi connectivity index (χ4n) is 1.65. The smallest absolute Gasteiger partial charge is 0.250 e. The minimum absolute atomic E-state index is 0.0654. The summed E-state index contributed by atoms with van der Waals surface area (Å²) in [7, 11) is 0. The normalized spacial score (nSPS) is 10.8. The summed E-state index contributed by atoms with van der Waals surface area (Å²) in [6, 6.07) is 5.73. The number of nitrogens with one attached hydrogen (secondary N) is 1. The SMILES string of the molecule is Cc1ccn(CCNCc2cc(Br)cs2)c(=O)c1. The van der Waals surface area contributed by atoms with Gasteiger partial charge in [-0.1, -0.05) is 0 Å². The van der Waals surface area contributed by atoms with Crippen LogP contribution < -0.4 is 10.9 Å². The number of nitrogens with zero attached hydrogens (tertiary/aromatic N) is 1. The topological polar surface area (TPSA) is 34.0 Å². The van der Waals surface area contributed by atoms with Crippen molar-refractivity contribution in [2.24, 2.45) is 0 Å². The lowest BCUT2D eigenvalue weighted by Crippen LogP contribution is -2.26. The van der Waals surface area contributed by atoms with Crippen LogP contribution in [0.3, 0.4) is 0 Å². The Morgan fingerprint density at radius 3 is 2.94 bits per heavy atom. The minimum atomic E-state index is 0.0654. The molecule has 0 aliphatic heterocycles. The fraction of sp³-hybridized carbons (Fsp3) is 0.308. The average molecular weight is 327 g/mol. The van der Waals surface area contributed by atoms with Gasteiger partial charge in [-0.05, 0) is 40.5 Å². The number of pyridine rings is 1. The van der Waals surface area contributed by atoms with Gasteiger partial charge in [-0.2, -0.15) is 0 Å². The Kier molecular flexibility index (Phi) is 4.74. The highest BCUT2D eigenvalue weighted by Gasteiger charge is 1.98. The molecule has 0 aliphatic rings. The third-order valence-corrected chi connectivity index (χ3v) is 4.30. The number of hydrogen-bond acceptors (Lipinski definition) is 3. The molecular formula is C13H15BrN2OS. The van der Waals surface area contributed by atoms with Crippen LogP contribution in [-0.4, -0.2) is 11.1 Å². The maximum absolute atomic E-state index is 11.6. The molecule has 0 spiro atoms. The van der Waals surface area contributed by atoms with Gasteiger partial charge in [0.2, 0.25) is 0 Å². The predicted molar refractivity (Wildman–Crippen MR) is 79.2 cm³/mol. The van der Waals surface area contributed by atoms with Gasteiger partial charge in [0.05, 0.1) is 0 Å². The van der Waals surface area contributed by atoms with E-state index < -0.39 is 0 Å². The summed E-state index contributed by atoms with van der Waals surface area (Å²) in [4.78, 5) is 12.9. The number of halogens is 1. The molecule has 0 amide bonds. The molecule has 0 aliphatic carbocycles. The molecule has 18 heavy (non-hydrogen) atoms. The van der Waals surface area contributed by atoms with Gasteiger partial charge in [-0.3, -0.25) is 4.79 Å². The summed E-state index contributed by atoms with van der Waals surface area (Å²) >= 11 is 5.15. The Labute approximate surface area is 119 Å². The maximum Gasteiger partial charge on any atom is 0.250 e. The van der Waals surface area contributed by atoms with E-state index in [1.165, 1.54) is 4.88 Å². The molecule has 3 nitrogen and oxygen atoms in total. The zero-order chi connectivity index (χ0) is 13.0. The van der Waals surface area contributed by atoms with E-state index in [0.29, 0.717) is 6.54 Å². The molecule has 0 fully saturated rings. The lowest BCUT2D eigenvalue weighted by atomic mass is 10.3. The van der Waals surface area contributed by atoms with Crippen molar-refractivity contribution in [2.45, 2.75) is 20.0 Å². The second kappa shape index (κ2) is 6.31. The Bertz CT molecular complexity index is 576. The molecule has 0 bridgehead atoms. The summed E-state index contributed by atoms with van der Waals surface area (Å²) in [6.45, 7) is 4.26. The van der Waals surface area contributed by atoms with Crippen molar-refractivity contribution in [3.63, 3.8) is 0 Å². The van der Waals surface area contributed by atoms with Crippen molar-refractivity contribution in [1.29, 1.82) is 0 Å². The quantitative estimate of drug-likeness (QED) is 0.857. The molecule has 0 saturated carbocycles. The van der Waals surface area contributed by atoms with Crippen LogP contribution in [0.4, 0.5) is 0 Å². The van der Waals surface area contributed by atoms with E-state index in [-0.39, 0.29) is 5.56 Å². The number of rotatable bonds is 5. The molecule has 0 saturated heterocycles. The van der Waals surface area contributed by atoms with Gasteiger partial charge in [0.1, 0.15) is 0 Å². The Balaban J connectivity index is 1.80. The minimum Gasteiger partial charge on any atom is -0.314 e. The van der Waals surface area contributed by atoms with Crippen molar-refractivity contribution in [2.75, 3.05) is 6.54 Å². The maximum atomic E-state index is 11.6. The zero-order valence-corrected chi connectivity index (χ0v) is 12.6. The first-order chi connectivity index (χ1) is 8.65. The van der Waals surface area contributed by atoms with E-state index in [1.807, 2.05) is 19.2 Å². The van der Waals surface area contributed by atoms with Crippen LogP contribution in [0.25, 0.3) is 0 Å². The Morgan fingerprint density at radius 2 is 2.28 bits per heavy atom. The number of hydrogen-bond donors (Lipinski definition) is 1. The van der Waals surface area contributed by atoms with Crippen molar-refractivity contribution < 1.29 is 0 Å². The number of aryl methyl sites for hydroxylation is 1. The van der Waals surface area contributed by atoms with Gasteiger partial charge >= 0.3 is 0 Å². The zero-order valence-electron chi connectivity index (χ0n) is 10.1. The average Bonchev–Trinajstić information content (AvgIpc) is 2.73. The second-order valence-corrected chi connectivity index (χ2v) is 6.06. The molecule has 96 valence electrons. The van der Waals surface area contributed by atoms with E-state index in [2.05, 4.69) is 32.7 Å². The highest BCUT2D eigenvalue weighted by molar-refractivity contribution is 9.10. The molecule has 1 N–H and O–H groups in total. The van der Waals surface area contributed by atoms with Crippen molar-refractivity contribution >= 4 is 27.3 Å². The van der Waals surface area contributed by atoms with Gasteiger partial charge in [0.15, 0.2) is 0 Å². The third-order valence-electron chi connectivity index (χ3n) is 2.60. The first-order valence-electron chi connectivity index (χ1n) is 5.76. The largest absolute Gasteiger partial charge is 0.314 e. The van der Waals surface area contributed by atoms with Crippen LogP contribution in [0.2, 0.25) is 0 Å². The van der Waals surface area contributed by atoms with E-state index in [1.54, 1.807) is 22.0 Å². The molecular weight excluding hydrogens is 312 g/mol. The molecule has 2 aromatic heterocycles. The lowest BCUT2D eigenvalue weighted by Gasteiger charge is -2.06. The fourth-order valence-corrected chi connectivity index (χ4v) is 3.07. The number of thiophene rings is 1. The van der Waals surface area contributed by atoms with Gasteiger partial charge in [-0.25, -0.2) is 0 Å². The van der Waals surface area contributed by atoms with E-state index in [4.69, 9.17) is 0 Å². The summed E-state index contributed by atoms with van der Waals surface area (Å²) in [5.41, 5.74) is 1.07. The predicted octanol–water partition coefficient (Wildman–Crippen LogP) is 2.77. The van der Waals surface area contributed by atoms with Gasteiger partial charge in [-0.15, -0.1) is 11.3 Å². The highest BCUT2D eigenvalue weighted by Crippen LogP contribution is 2.19. The van der Waals surface area contributed by atoms with Crippen molar-refractivity contribution in [3.8, 4) is 0 Å². The van der Waals surface area contributed by atoms with Gasteiger partial charge < -0.3 is 9.88 Å². The van der Waals surface area contributed by atoms with E-state index in [0.717, 1.165) is 23.1 Å². The summed E-state index contributed by atoms with van der Waals surface area (Å²) in [6.07, 6.45) is 1.85. The Hall–Kier alpha value is -0.910. The number of aromatic nitrogens is 1. The molecule has 0 radical (unpaired) electrons. The first kappa shape index (κ1) is 13.5. The van der Waals surface area contributed by atoms with Gasteiger partial charge in [0, 0.05) is 46.6 Å². The molecule has 2 rings (SSSR count). The summed E-state index contributed by atoms with van der Waals surface area (Å²) < 4.78 is 2.85. The monoisotopic (exact) mass is 326 g/mol. The standard InChI is InChI=1S/C13H15BrN2OS/c1-10-2-4-16(13(17)6-10)5-3-15-8-12-7-11(14)9-18-12/h2,4,6-7,9,15H,3,5,8H2,1H3. The molecule has 0 aromatic carbocycles. The molecule has 0 unspecified atom stereocenters. The van der Waals surface area contributed by atoms with Crippen LogP contribution in [0, 0.1) is 6.92 Å². The first-order valence-corrected chi connectivity index (χ1v) is 7.43. The molecule has 0 atom stereocenters.